The average Bonchev–Trinajstić information content (AvgIpc) is 3.23. The summed E-state index contributed by atoms with van der Waals surface area (Å²) in [6, 6.07) is 5.77. The number of hydrogen-bond acceptors (Lipinski definition) is 3. The minimum absolute atomic E-state index is 0.00590. The maximum atomic E-state index is 13.7. The third-order valence-electron chi connectivity index (χ3n) is 4.62. The molecule has 31 heavy (non-hydrogen) atoms. The van der Waals surface area contributed by atoms with Gasteiger partial charge in [0.15, 0.2) is 11.6 Å². The Bertz CT molecular complexity index is 1370. The molecule has 0 saturated heterocycles. The van der Waals surface area contributed by atoms with Crippen LogP contribution in [0, 0.1) is 11.6 Å². The first-order valence-electron chi connectivity index (χ1n) is 8.68. The lowest BCUT2D eigenvalue weighted by Gasteiger charge is -2.07. The van der Waals surface area contributed by atoms with E-state index in [1.165, 1.54) is 18.3 Å². The number of halogens is 5. The van der Waals surface area contributed by atoms with Gasteiger partial charge in [-0.2, -0.15) is 13.2 Å². The fourth-order valence-corrected chi connectivity index (χ4v) is 3.15. The molecular formula is C19H12F5N5O2. The van der Waals surface area contributed by atoms with Gasteiger partial charge < -0.3 is 10.7 Å². The molecule has 0 radical (unpaired) electrons. The number of carbonyl (C=O) groups excluding carboxylic acids is 1. The van der Waals surface area contributed by atoms with Gasteiger partial charge in [0.2, 0.25) is 5.82 Å². The van der Waals surface area contributed by atoms with E-state index in [1.807, 2.05) is 0 Å². The molecule has 0 aliphatic rings. The predicted molar refractivity (Wildman–Crippen MR) is 98.7 cm³/mol. The second-order valence-corrected chi connectivity index (χ2v) is 6.64. The summed E-state index contributed by atoms with van der Waals surface area (Å²) in [6.07, 6.45) is -3.26. The van der Waals surface area contributed by atoms with Crippen molar-refractivity contribution >= 4 is 16.8 Å². The number of fused-ring (bicyclic) bond motifs is 1. The van der Waals surface area contributed by atoms with E-state index in [0.717, 1.165) is 33.5 Å². The Labute approximate surface area is 169 Å². The third-order valence-corrected chi connectivity index (χ3v) is 4.62. The number of benzene rings is 2. The van der Waals surface area contributed by atoms with Crippen LogP contribution in [0.1, 0.15) is 21.7 Å². The zero-order valence-corrected chi connectivity index (χ0v) is 15.4. The van der Waals surface area contributed by atoms with Crippen LogP contribution in [0.3, 0.4) is 0 Å². The van der Waals surface area contributed by atoms with Crippen LogP contribution in [-0.4, -0.2) is 25.2 Å². The van der Waals surface area contributed by atoms with E-state index >= 15 is 0 Å². The minimum Gasteiger partial charge on any atom is -0.363 e. The number of carbonyl (C=O) groups is 1. The molecule has 0 spiro atoms. The summed E-state index contributed by atoms with van der Waals surface area (Å²) in [7, 11) is 0. The Morgan fingerprint density at radius 2 is 1.74 bits per heavy atom. The topological polar surface area (TPSA) is 98.7 Å². The van der Waals surface area contributed by atoms with Crippen molar-refractivity contribution in [3.05, 3.63) is 81.7 Å². The minimum atomic E-state index is -4.51. The Morgan fingerprint density at radius 1 is 1.10 bits per heavy atom. The van der Waals surface area contributed by atoms with Crippen LogP contribution < -0.4 is 11.4 Å². The lowest BCUT2D eigenvalue weighted by atomic mass is 10.1. The normalized spacial score (nSPS) is 11.9. The maximum Gasteiger partial charge on any atom is 0.416 e. The summed E-state index contributed by atoms with van der Waals surface area (Å²) in [5.74, 6) is -3.83. The highest BCUT2D eigenvalue weighted by Crippen LogP contribution is 2.29. The molecule has 0 saturated carbocycles. The number of alkyl halides is 3. The molecule has 2 aromatic carbocycles. The average molecular weight is 437 g/mol. The van der Waals surface area contributed by atoms with Gasteiger partial charge in [0.25, 0.3) is 5.91 Å². The quantitative estimate of drug-likeness (QED) is 0.481. The van der Waals surface area contributed by atoms with Crippen molar-refractivity contribution in [1.82, 2.24) is 19.3 Å². The number of nitrogens with zero attached hydrogens (tertiary/aromatic N) is 3. The summed E-state index contributed by atoms with van der Waals surface area (Å²) in [5.41, 5.74) is 4.08. The third kappa shape index (κ3) is 3.56. The standard InChI is InChI=1S/C19H12F5N5O2/c20-12-5-11-14(6-13(12)21)26-7-15(11)29-17(16(25)30)27-28(18(29)31)8-9-1-3-10(4-2-9)19(22,23)24/h1-7,26H,8H2,(H2,25,30). The van der Waals surface area contributed by atoms with Gasteiger partial charge in [0, 0.05) is 17.6 Å². The summed E-state index contributed by atoms with van der Waals surface area (Å²) in [6.45, 7) is -0.254. The van der Waals surface area contributed by atoms with Crippen LogP contribution in [0.2, 0.25) is 0 Å². The van der Waals surface area contributed by atoms with Crippen molar-refractivity contribution in [2.24, 2.45) is 5.73 Å². The van der Waals surface area contributed by atoms with Gasteiger partial charge in [0.1, 0.15) is 0 Å². The lowest BCUT2D eigenvalue weighted by Crippen LogP contribution is -2.26. The van der Waals surface area contributed by atoms with Crippen LogP contribution in [0.5, 0.6) is 0 Å². The van der Waals surface area contributed by atoms with E-state index in [9.17, 15) is 31.5 Å². The van der Waals surface area contributed by atoms with E-state index < -0.39 is 40.8 Å². The second-order valence-electron chi connectivity index (χ2n) is 6.64. The van der Waals surface area contributed by atoms with Gasteiger partial charge in [-0.15, -0.1) is 5.10 Å². The van der Waals surface area contributed by atoms with E-state index in [2.05, 4.69) is 10.1 Å². The molecule has 160 valence electrons. The molecule has 4 rings (SSSR count). The van der Waals surface area contributed by atoms with Crippen LogP contribution in [0.25, 0.3) is 16.6 Å². The van der Waals surface area contributed by atoms with Gasteiger partial charge in [-0.05, 0) is 23.8 Å². The molecule has 0 aliphatic heterocycles. The van der Waals surface area contributed by atoms with Crippen molar-refractivity contribution in [2.45, 2.75) is 12.7 Å². The number of H-pyrrole nitrogens is 1. The molecule has 0 bridgehead atoms. The van der Waals surface area contributed by atoms with Crippen molar-refractivity contribution in [3.63, 3.8) is 0 Å². The van der Waals surface area contributed by atoms with Crippen molar-refractivity contribution in [2.75, 3.05) is 0 Å². The van der Waals surface area contributed by atoms with Gasteiger partial charge in [-0.25, -0.2) is 22.8 Å². The molecular weight excluding hydrogens is 425 g/mol. The zero-order valence-electron chi connectivity index (χ0n) is 15.4. The lowest BCUT2D eigenvalue weighted by molar-refractivity contribution is -0.137. The molecule has 12 heteroatoms. The molecule has 7 nitrogen and oxygen atoms in total. The van der Waals surface area contributed by atoms with Crippen LogP contribution >= 0.6 is 0 Å². The van der Waals surface area contributed by atoms with E-state index in [4.69, 9.17) is 5.73 Å². The van der Waals surface area contributed by atoms with Crippen LogP contribution in [0.15, 0.2) is 47.4 Å². The van der Waals surface area contributed by atoms with Gasteiger partial charge in [-0.1, -0.05) is 12.1 Å². The number of aromatic nitrogens is 4. The number of nitrogens with one attached hydrogen (secondary N) is 1. The molecule has 1 amide bonds. The van der Waals surface area contributed by atoms with Crippen LogP contribution in [-0.2, 0) is 12.7 Å². The number of rotatable bonds is 4. The summed E-state index contributed by atoms with van der Waals surface area (Å²) < 4.78 is 67.0. The first-order valence-corrected chi connectivity index (χ1v) is 8.68. The highest BCUT2D eigenvalue weighted by molar-refractivity contribution is 5.93. The molecule has 2 aromatic heterocycles. The van der Waals surface area contributed by atoms with Crippen molar-refractivity contribution in [3.8, 4) is 5.69 Å². The maximum absolute atomic E-state index is 13.7. The molecule has 0 fully saturated rings. The smallest absolute Gasteiger partial charge is 0.363 e. The second kappa shape index (κ2) is 7.07. The summed E-state index contributed by atoms with van der Waals surface area (Å²) >= 11 is 0. The number of hydrogen-bond donors (Lipinski definition) is 2. The van der Waals surface area contributed by atoms with Gasteiger partial charge in [-0.3, -0.25) is 4.79 Å². The van der Waals surface area contributed by atoms with Crippen LogP contribution in [0.4, 0.5) is 22.0 Å². The Kier molecular flexibility index (Phi) is 4.64. The number of amides is 1. The fourth-order valence-electron chi connectivity index (χ4n) is 3.15. The zero-order chi connectivity index (χ0) is 22.5. The Balaban J connectivity index is 1.80. The summed E-state index contributed by atoms with van der Waals surface area (Å²) in [4.78, 5) is 27.4. The highest BCUT2D eigenvalue weighted by atomic mass is 19.4. The van der Waals surface area contributed by atoms with Crippen molar-refractivity contribution in [1.29, 1.82) is 0 Å². The number of nitrogens with two attached hydrogens (primary N) is 1. The molecule has 0 atom stereocenters. The molecule has 2 heterocycles. The van der Waals surface area contributed by atoms with E-state index in [0.29, 0.717) is 5.56 Å². The predicted octanol–water partition coefficient (Wildman–Crippen LogP) is 2.96. The highest BCUT2D eigenvalue weighted by Gasteiger charge is 2.30. The molecule has 4 aromatic rings. The molecule has 3 N–H and O–H groups in total. The first-order chi connectivity index (χ1) is 14.6. The first kappa shape index (κ1) is 20.3. The largest absolute Gasteiger partial charge is 0.416 e. The Morgan fingerprint density at radius 3 is 2.35 bits per heavy atom. The SMILES string of the molecule is NC(=O)c1nn(Cc2ccc(C(F)(F)F)cc2)c(=O)n1-c1c[nH]c2cc(F)c(F)cc12. The number of aromatic amines is 1. The Hall–Kier alpha value is -3.96. The summed E-state index contributed by atoms with van der Waals surface area (Å²) in [5, 5.41) is 3.96. The fraction of sp³-hybridized carbons (Fsp3) is 0.105. The van der Waals surface area contributed by atoms with E-state index in [1.54, 1.807) is 0 Å². The van der Waals surface area contributed by atoms with E-state index in [-0.39, 0.29) is 23.1 Å². The molecule has 0 aliphatic carbocycles. The number of primary amides is 1. The van der Waals surface area contributed by atoms with Gasteiger partial charge in [0.05, 0.1) is 23.3 Å². The molecule has 0 unspecified atom stereocenters. The van der Waals surface area contributed by atoms with Crippen molar-refractivity contribution < 1.29 is 26.7 Å². The van der Waals surface area contributed by atoms with Gasteiger partial charge >= 0.3 is 11.9 Å². The monoisotopic (exact) mass is 437 g/mol.